The lowest BCUT2D eigenvalue weighted by atomic mass is 10.1. The van der Waals surface area contributed by atoms with Gasteiger partial charge in [-0.25, -0.2) is 4.39 Å². The van der Waals surface area contributed by atoms with Crippen LogP contribution in [0.4, 0.5) is 4.39 Å². The topological polar surface area (TPSA) is 37.3 Å². The zero-order chi connectivity index (χ0) is 10.0. The fraction of sp³-hybridized carbons (Fsp3) is 0.125. The van der Waals surface area contributed by atoms with E-state index in [9.17, 15) is 14.3 Å². The van der Waals surface area contributed by atoms with Gasteiger partial charge in [0, 0.05) is 0 Å². The van der Waals surface area contributed by atoms with Gasteiger partial charge < -0.3 is 5.11 Å². The molecule has 0 aliphatic carbocycles. The van der Waals surface area contributed by atoms with Crippen LogP contribution in [0.3, 0.4) is 0 Å². The van der Waals surface area contributed by atoms with E-state index < -0.39 is 5.82 Å². The first-order valence-corrected chi connectivity index (χ1v) is 5.25. The van der Waals surface area contributed by atoms with Crippen LogP contribution in [0.1, 0.15) is 10.4 Å². The number of benzene rings is 1. The molecule has 0 aliphatic heterocycles. The van der Waals surface area contributed by atoms with E-state index in [1.54, 1.807) is 0 Å². The third kappa shape index (κ3) is 2.28. The van der Waals surface area contributed by atoms with Gasteiger partial charge in [0.05, 0.1) is 15.4 Å². The number of hydrogen-bond donors (Lipinski definition) is 1. The van der Waals surface area contributed by atoms with Crippen LogP contribution < -0.4 is 0 Å². The van der Waals surface area contributed by atoms with Crippen molar-refractivity contribution in [3.8, 4) is 5.75 Å². The third-order valence-electron chi connectivity index (χ3n) is 1.45. The summed E-state index contributed by atoms with van der Waals surface area (Å²) in [5.74, 6) is -1.16. The van der Waals surface area contributed by atoms with E-state index >= 15 is 0 Å². The highest BCUT2D eigenvalue weighted by Gasteiger charge is 2.14. The van der Waals surface area contributed by atoms with Crippen molar-refractivity contribution in [1.82, 2.24) is 0 Å². The number of aromatic hydroxyl groups is 1. The number of phenolic OH excluding ortho intramolecular Hbond substituents is 1. The van der Waals surface area contributed by atoms with Gasteiger partial charge in [-0.1, -0.05) is 15.9 Å². The molecule has 0 aliphatic rings. The standard InChI is InChI=1S/C8H5Br2FO2/c9-3-7(12)5-1-4(11)2-6(10)8(5)13/h1-2,13H,3H2. The van der Waals surface area contributed by atoms with E-state index in [2.05, 4.69) is 31.9 Å². The van der Waals surface area contributed by atoms with Crippen LogP contribution in [0.25, 0.3) is 0 Å². The second kappa shape index (κ2) is 4.19. The first-order valence-electron chi connectivity index (χ1n) is 3.33. The van der Waals surface area contributed by atoms with Gasteiger partial charge in [0.25, 0.3) is 0 Å². The molecule has 1 N–H and O–H groups in total. The van der Waals surface area contributed by atoms with E-state index in [1.165, 1.54) is 0 Å². The first kappa shape index (κ1) is 10.7. The molecule has 0 atom stereocenters. The lowest BCUT2D eigenvalue weighted by molar-refractivity contribution is 0.102. The summed E-state index contributed by atoms with van der Waals surface area (Å²) in [6, 6.07) is 2.10. The molecule has 0 aromatic heterocycles. The number of hydrogen-bond acceptors (Lipinski definition) is 2. The van der Waals surface area contributed by atoms with E-state index in [1.807, 2.05) is 0 Å². The first-order chi connectivity index (χ1) is 6.06. The maximum atomic E-state index is 12.8. The molecule has 2 nitrogen and oxygen atoms in total. The van der Waals surface area contributed by atoms with Crippen LogP contribution in [0.15, 0.2) is 16.6 Å². The predicted octanol–water partition coefficient (Wildman–Crippen LogP) is 2.87. The Morgan fingerprint density at radius 1 is 1.54 bits per heavy atom. The van der Waals surface area contributed by atoms with Gasteiger partial charge in [-0.2, -0.15) is 0 Å². The Kier molecular flexibility index (Phi) is 3.44. The summed E-state index contributed by atoms with van der Waals surface area (Å²) in [5.41, 5.74) is -0.0243. The van der Waals surface area contributed by atoms with Crippen LogP contribution >= 0.6 is 31.9 Å². The Balaban J connectivity index is 3.28. The molecule has 0 heterocycles. The molecular formula is C8H5Br2FO2. The van der Waals surface area contributed by atoms with Crippen molar-refractivity contribution in [2.75, 3.05) is 5.33 Å². The number of rotatable bonds is 2. The van der Waals surface area contributed by atoms with Crippen molar-refractivity contribution >= 4 is 37.6 Å². The van der Waals surface area contributed by atoms with Crippen LogP contribution in [0.5, 0.6) is 5.75 Å². The molecule has 5 heteroatoms. The number of phenols is 1. The van der Waals surface area contributed by atoms with E-state index in [-0.39, 0.29) is 26.9 Å². The minimum Gasteiger partial charge on any atom is -0.506 e. The molecule has 1 aromatic carbocycles. The van der Waals surface area contributed by atoms with Gasteiger partial charge in [0.2, 0.25) is 0 Å². The van der Waals surface area contributed by atoms with Gasteiger partial charge >= 0.3 is 0 Å². The van der Waals surface area contributed by atoms with Crippen LogP contribution in [-0.4, -0.2) is 16.2 Å². The van der Waals surface area contributed by atoms with E-state index in [0.29, 0.717) is 0 Å². The molecular weight excluding hydrogens is 307 g/mol. The normalized spacial score (nSPS) is 10.1. The summed E-state index contributed by atoms with van der Waals surface area (Å²) in [5, 5.41) is 9.42. The molecule has 0 fully saturated rings. The smallest absolute Gasteiger partial charge is 0.177 e. The summed E-state index contributed by atoms with van der Waals surface area (Å²) < 4.78 is 13.0. The molecule has 0 amide bonds. The molecule has 0 unspecified atom stereocenters. The highest BCUT2D eigenvalue weighted by atomic mass is 79.9. The molecule has 0 bridgehead atoms. The van der Waals surface area contributed by atoms with Gasteiger partial charge in [0.1, 0.15) is 11.6 Å². The molecule has 1 rings (SSSR count). The van der Waals surface area contributed by atoms with Gasteiger partial charge in [-0.05, 0) is 28.1 Å². The highest BCUT2D eigenvalue weighted by molar-refractivity contribution is 9.10. The summed E-state index contributed by atoms with van der Waals surface area (Å²) >= 11 is 5.87. The van der Waals surface area contributed by atoms with Crippen LogP contribution in [0, 0.1) is 5.82 Å². The largest absolute Gasteiger partial charge is 0.506 e. The highest BCUT2D eigenvalue weighted by Crippen LogP contribution is 2.29. The Bertz CT molecular complexity index is 352. The van der Waals surface area contributed by atoms with Crippen molar-refractivity contribution < 1.29 is 14.3 Å². The Labute approximate surface area is 91.0 Å². The summed E-state index contributed by atoms with van der Waals surface area (Å²) in [7, 11) is 0. The summed E-state index contributed by atoms with van der Waals surface area (Å²) in [6.45, 7) is 0. The van der Waals surface area contributed by atoms with Crippen molar-refractivity contribution in [3.05, 3.63) is 28.0 Å². The molecule has 0 saturated carbocycles. The summed E-state index contributed by atoms with van der Waals surface area (Å²) in [6.07, 6.45) is 0. The minimum atomic E-state index is -0.561. The number of alkyl halides is 1. The molecule has 0 saturated heterocycles. The number of Topliss-reactive ketones (excluding diaryl/α,β-unsaturated/α-hetero) is 1. The molecule has 70 valence electrons. The minimum absolute atomic E-state index is 0.0243. The molecule has 0 spiro atoms. The van der Waals surface area contributed by atoms with Crippen molar-refractivity contribution in [3.63, 3.8) is 0 Å². The zero-order valence-electron chi connectivity index (χ0n) is 6.35. The maximum Gasteiger partial charge on any atom is 0.177 e. The monoisotopic (exact) mass is 310 g/mol. The SMILES string of the molecule is O=C(CBr)c1cc(F)cc(Br)c1O. The fourth-order valence-corrected chi connectivity index (χ4v) is 1.58. The predicted molar refractivity (Wildman–Crippen MR) is 53.9 cm³/mol. The van der Waals surface area contributed by atoms with Crippen molar-refractivity contribution in [2.45, 2.75) is 0 Å². The Morgan fingerprint density at radius 3 is 2.69 bits per heavy atom. The van der Waals surface area contributed by atoms with Gasteiger partial charge in [-0.3, -0.25) is 4.79 Å². The van der Waals surface area contributed by atoms with Crippen LogP contribution in [0.2, 0.25) is 0 Å². The quantitative estimate of drug-likeness (QED) is 0.673. The number of halogens is 3. The van der Waals surface area contributed by atoms with E-state index in [0.717, 1.165) is 12.1 Å². The van der Waals surface area contributed by atoms with Crippen molar-refractivity contribution in [2.24, 2.45) is 0 Å². The average Bonchev–Trinajstić information content (AvgIpc) is 2.10. The second-order valence-corrected chi connectivity index (χ2v) is 3.76. The molecule has 13 heavy (non-hydrogen) atoms. The number of carbonyl (C=O) groups excluding carboxylic acids is 1. The van der Waals surface area contributed by atoms with Crippen molar-refractivity contribution in [1.29, 1.82) is 0 Å². The molecule has 1 aromatic rings. The second-order valence-electron chi connectivity index (χ2n) is 2.34. The fourth-order valence-electron chi connectivity index (χ4n) is 0.851. The summed E-state index contributed by atoms with van der Waals surface area (Å²) in [4.78, 5) is 11.1. The number of carbonyl (C=O) groups is 1. The lowest BCUT2D eigenvalue weighted by Crippen LogP contribution is -2.01. The average molecular weight is 312 g/mol. The Hall–Kier alpha value is -0.420. The lowest BCUT2D eigenvalue weighted by Gasteiger charge is -2.03. The van der Waals surface area contributed by atoms with Gasteiger partial charge in [0.15, 0.2) is 5.78 Å². The van der Waals surface area contributed by atoms with Crippen LogP contribution in [-0.2, 0) is 0 Å². The van der Waals surface area contributed by atoms with Gasteiger partial charge in [-0.15, -0.1) is 0 Å². The third-order valence-corrected chi connectivity index (χ3v) is 2.56. The number of ketones is 1. The maximum absolute atomic E-state index is 12.8. The zero-order valence-corrected chi connectivity index (χ0v) is 9.52. The van der Waals surface area contributed by atoms with E-state index in [4.69, 9.17) is 0 Å². The molecule has 0 radical (unpaired) electrons. The Morgan fingerprint density at radius 2 is 2.15 bits per heavy atom.